The number of hydrogen-bond donors (Lipinski definition) is 2. The highest BCUT2D eigenvalue weighted by molar-refractivity contribution is 5.75. The smallest absolute Gasteiger partial charge is 0.416 e. The Labute approximate surface area is 127 Å². The van der Waals surface area contributed by atoms with E-state index in [9.17, 15) is 13.2 Å². The van der Waals surface area contributed by atoms with Crippen LogP contribution in [-0.2, 0) is 6.18 Å². The van der Waals surface area contributed by atoms with Crippen molar-refractivity contribution < 1.29 is 23.0 Å². The predicted octanol–water partition coefficient (Wildman–Crippen LogP) is 3.23. The third-order valence-electron chi connectivity index (χ3n) is 3.46. The summed E-state index contributed by atoms with van der Waals surface area (Å²) in [5.74, 6) is 0.439. The van der Waals surface area contributed by atoms with Gasteiger partial charge in [0, 0.05) is 18.2 Å². The lowest BCUT2D eigenvalue weighted by Gasteiger charge is -2.32. The summed E-state index contributed by atoms with van der Waals surface area (Å²) >= 11 is 0. The summed E-state index contributed by atoms with van der Waals surface area (Å²) in [5.41, 5.74) is -0.119. The van der Waals surface area contributed by atoms with E-state index >= 15 is 0 Å². The van der Waals surface area contributed by atoms with E-state index in [0.29, 0.717) is 17.9 Å². The highest BCUT2D eigenvalue weighted by atomic mass is 19.4. The molecule has 6 heteroatoms. The maximum Gasteiger partial charge on any atom is 0.416 e. The fourth-order valence-corrected chi connectivity index (χ4v) is 2.35. The number of fused-ring (bicyclic) bond motifs is 1. The molecule has 0 unspecified atom stereocenters. The number of aliphatic hydroxyl groups is 1. The lowest BCUT2D eigenvalue weighted by Crippen LogP contribution is -2.34. The number of ether oxygens (including phenoxy) is 1. The SMILES string of the molecule is C[C@@H](CO)NCC1=CC(C)(C)Oc2ccc(C(F)(F)F)cc21. The fraction of sp³-hybridized carbons (Fsp3) is 0.500. The lowest BCUT2D eigenvalue weighted by molar-refractivity contribution is -0.137. The Morgan fingerprint density at radius 3 is 2.59 bits per heavy atom. The summed E-state index contributed by atoms with van der Waals surface area (Å²) in [7, 11) is 0. The van der Waals surface area contributed by atoms with E-state index in [-0.39, 0.29) is 12.6 Å². The van der Waals surface area contributed by atoms with Gasteiger partial charge in [-0.3, -0.25) is 0 Å². The molecule has 1 aromatic carbocycles. The molecule has 1 aliphatic heterocycles. The van der Waals surface area contributed by atoms with Gasteiger partial charge in [-0.1, -0.05) is 0 Å². The van der Waals surface area contributed by atoms with Crippen molar-refractivity contribution in [1.82, 2.24) is 5.32 Å². The van der Waals surface area contributed by atoms with E-state index in [0.717, 1.165) is 17.7 Å². The normalized spacial score (nSPS) is 18.2. The maximum atomic E-state index is 12.9. The average molecular weight is 315 g/mol. The average Bonchev–Trinajstić information content (AvgIpc) is 2.41. The molecule has 0 amide bonds. The van der Waals surface area contributed by atoms with Crippen molar-refractivity contribution in [2.75, 3.05) is 13.2 Å². The van der Waals surface area contributed by atoms with E-state index in [2.05, 4.69) is 5.32 Å². The Balaban J connectivity index is 2.38. The molecule has 0 fully saturated rings. The summed E-state index contributed by atoms with van der Waals surface area (Å²) in [5, 5.41) is 12.1. The van der Waals surface area contributed by atoms with E-state index < -0.39 is 17.3 Å². The van der Waals surface area contributed by atoms with Crippen LogP contribution in [0.2, 0.25) is 0 Å². The van der Waals surface area contributed by atoms with Crippen LogP contribution in [0.5, 0.6) is 5.75 Å². The summed E-state index contributed by atoms with van der Waals surface area (Å²) in [4.78, 5) is 0. The second-order valence-corrected chi connectivity index (χ2v) is 6.05. The molecule has 0 aliphatic carbocycles. The van der Waals surface area contributed by atoms with Gasteiger partial charge in [0.2, 0.25) is 0 Å². The molecular formula is C16H20F3NO2. The van der Waals surface area contributed by atoms with Gasteiger partial charge in [0.05, 0.1) is 12.2 Å². The number of nitrogens with one attached hydrogen (secondary N) is 1. The van der Waals surface area contributed by atoms with Crippen molar-refractivity contribution in [2.24, 2.45) is 0 Å². The molecule has 2 N–H and O–H groups in total. The summed E-state index contributed by atoms with van der Waals surface area (Å²) in [6.07, 6.45) is -2.58. The summed E-state index contributed by atoms with van der Waals surface area (Å²) in [6, 6.07) is 3.37. The first kappa shape index (κ1) is 16.8. The molecule has 0 saturated carbocycles. The zero-order valence-corrected chi connectivity index (χ0v) is 12.8. The topological polar surface area (TPSA) is 41.5 Å². The van der Waals surface area contributed by atoms with Crippen LogP contribution >= 0.6 is 0 Å². The van der Waals surface area contributed by atoms with E-state index in [1.54, 1.807) is 6.92 Å². The molecule has 0 aromatic heterocycles. The van der Waals surface area contributed by atoms with Gasteiger partial charge in [0.25, 0.3) is 0 Å². The second kappa shape index (κ2) is 5.93. The lowest BCUT2D eigenvalue weighted by atomic mass is 9.93. The Morgan fingerprint density at radius 2 is 2.00 bits per heavy atom. The summed E-state index contributed by atoms with van der Waals surface area (Å²) in [6.45, 7) is 5.83. The van der Waals surface area contributed by atoms with Crippen molar-refractivity contribution in [3.63, 3.8) is 0 Å². The van der Waals surface area contributed by atoms with Crippen LogP contribution < -0.4 is 10.1 Å². The van der Waals surface area contributed by atoms with Crippen LogP contribution in [0.4, 0.5) is 13.2 Å². The van der Waals surface area contributed by atoms with Crippen LogP contribution in [0, 0.1) is 0 Å². The van der Waals surface area contributed by atoms with E-state index in [1.165, 1.54) is 6.07 Å². The largest absolute Gasteiger partial charge is 0.483 e. The first-order valence-electron chi connectivity index (χ1n) is 7.09. The second-order valence-electron chi connectivity index (χ2n) is 6.05. The van der Waals surface area contributed by atoms with Crippen LogP contribution in [-0.4, -0.2) is 29.9 Å². The predicted molar refractivity (Wildman–Crippen MR) is 78.7 cm³/mol. The number of alkyl halides is 3. The van der Waals surface area contributed by atoms with Gasteiger partial charge >= 0.3 is 6.18 Å². The molecule has 0 saturated heterocycles. The van der Waals surface area contributed by atoms with Gasteiger partial charge in [-0.2, -0.15) is 13.2 Å². The van der Waals surface area contributed by atoms with Crippen LogP contribution in [0.1, 0.15) is 31.9 Å². The molecule has 1 atom stereocenters. The minimum Gasteiger partial charge on any atom is -0.483 e. The molecular weight excluding hydrogens is 295 g/mol. The van der Waals surface area contributed by atoms with Crippen LogP contribution in [0.25, 0.3) is 5.57 Å². The van der Waals surface area contributed by atoms with Crippen molar-refractivity contribution in [2.45, 2.75) is 38.6 Å². The third-order valence-corrected chi connectivity index (χ3v) is 3.46. The van der Waals surface area contributed by atoms with Gasteiger partial charge < -0.3 is 15.2 Å². The van der Waals surface area contributed by atoms with Crippen molar-refractivity contribution >= 4 is 5.57 Å². The minimum absolute atomic E-state index is 0.0391. The first-order chi connectivity index (χ1) is 10.1. The number of aliphatic hydroxyl groups excluding tert-OH is 1. The molecule has 0 bridgehead atoms. The molecule has 1 aliphatic rings. The fourth-order valence-electron chi connectivity index (χ4n) is 2.35. The zero-order valence-electron chi connectivity index (χ0n) is 12.8. The third kappa shape index (κ3) is 3.81. The first-order valence-corrected chi connectivity index (χ1v) is 7.09. The van der Waals surface area contributed by atoms with Gasteiger partial charge in [0.15, 0.2) is 0 Å². The Kier molecular flexibility index (Phi) is 4.54. The zero-order chi connectivity index (χ0) is 16.5. The van der Waals surface area contributed by atoms with E-state index in [4.69, 9.17) is 9.84 Å². The van der Waals surface area contributed by atoms with Gasteiger partial charge in [-0.25, -0.2) is 0 Å². The summed E-state index contributed by atoms with van der Waals surface area (Å²) < 4.78 is 44.4. The van der Waals surface area contributed by atoms with Crippen LogP contribution in [0.3, 0.4) is 0 Å². The maximum absolute atomic E-state index is 12.9. The molecule has 22 heavy (non-hydrogen) atoms. The number of hydrogen-bond acceptors (Lipinski definition) is 3. The highest BCUT2D eigenvalue weighted by Crippen LogP contribution is 2.39. The molecule has 0 radical (unpaired) electrons. The van der Waals surface area contributed by atoms with Crippen molar-refractivity contribution in [1.29, 1.82) is 0 Å². The Bertz CT molecular complexity index is 579. The van der Waals surface area contributed by atoms with Crippen molar-refractivity contribution in [3.05, 3.63) is 35.4 Å². The number of halogens is 3. The van der Waals surface area contributed by atoms with Gasteiger partial charge in [-0.05, 0) is 50.6 Å². The van der Waals surface area contributed by atoms with E-state index in [1.807, 2.05) is 19.9 Å². The van der Waals surface area contributed by atoms with Gasteiger partial charge in [-0.15, -0.1) is 0 Å². The highest BCUT2D eigenvalue weighted by Gasteiger charge is 2.33. The molecule has 3 nitrogen and oxygen atoms in total. The quantitative estimate of drug-likeness (QED) is 0.896. The Hall–Kier alpha value is -1.53. The monoisotopic (exact) mass is 315 g/mol. The van der Waals surface area contributed by atoms with Gasteiger partial charge in [0.1, 0.15) is 11.4 Å². The number of rotatable bonds is 4. The number of benzene rings is 1. The Morgan fingerprint density at radius 1 is 1.32 bits per heavy atom. The van der Waals surface area contributed by atoms with Crippen LogP contribution in [0.15, 0.2) is 24.3 Å². The minimum atomic E-state index is -4.39. The molecule has 2 rings (SSSR count). The molecule has 1 heterocycles. The van der Waals surface area contributed by atoms with Crippen molar-refractivity contribution in [3.8, 4) is 5.75 Å². The molecule has 1 aromatic rings. The molecule has 122 valence electrons. The molecule has 0 spiro atoms. The standard InChI is InChI=1S/C16H20F3NO2/c1-10(9-21)20-8-11-7-15(2,3)22-14-5-4-12(6-13(11)14)16(17,18)19/h4-7,10,20-21H,8-9H2,1-3H3/t10-/m0/s1.